The Morgan fingerprint density at radius 3 is 2.32 bits per heavy atom. The highest BCUT2D eigenvalue weighted by molar-refractivity contribution is 7.80. The van der Waals surface area contributed by atoms with Crippen molar-refractivity contribution in [3.63, 3.8) is 0 Å². The van der Waals surface area contributed by atoms with Gasteiger partial charge < -0.3 is 10.1 Å². The van der Waals surface area contributed by atoms with Gasteiger partial charge in [0.2, 0.25) is 5.91 Å². The fourth-order valence-corrected chi connectivity index (χ4v) is 2.48. The molecule has 0 atom stereocenters. The first kappa shape index (κ1) is 23.8. The first-order chi connectivity index (χ1) is 14.8. The molecule has 0 fully saturated rings. The molecule has 9 heteroatoms. The predicted octanol–water partition coefficient (Wildman–Crippen LogP) is 3.02. The first-order valence-corrected chi connectivity index (χ1v) is 10.2. The molecule has 0 radical (unpaired) electrons. The molecule has 0 heterocycles. The Morgan fingerprint density at radius 2 is 1.68 bits per heavy atom. The second-order valence-electron chi connectivity index (χ2n) is 7.07. The third kappa shape index (κ3) is 8.06. The van der Waals surface area contributed by atoms with Gasteiger partial charge in [0.15, 0.2) is 5.11 Å². The number of hydrogen-bond acceptors (Lipinski definition) is 5. The van der Waals surface area contributed by atoms with Crippen LogP contribution in [0.4, 0.5) is 5.69 Å². The van der Waals surface area contributed by atoms with Gasteiger partial charge in [-0.25, -0.2) is 0 Å². The van der Waals surface area contributed by atoms with E-state index in [-0.39, 0.29) is 11.0 Å². The zero-order valence-electron chi connectivity index (χ0n) is 17.7. The third-order valence-corrected chi connectivity index (χ3v) is 4.15. The van der Waals surface area contributed by atoms with Gasteiger partial charge in [0.1, 0.15) is 5.75 Å². The van der Waals surface area contributed by atoms with Crippen molar-refractivity contribution in [1.29, 1.82) is 0 Å². The van der Waals surface area contributed by atoms with Crippen molar-refractivity contribution >= 4 is 40.7 Å². The van der Waals surface area contributed by atoms with E-state index in [0.717, 1.165) is 0 Å². The van der Waals surface area contributed by atoms with Crippen molar-refractivity contribution in [2.45, 2.75) is 27.2 Å². The average Bonchev–Trinajstić information content (AvgIpc) is 2.76. The summed E-state index contributed by atoms with van der Waals surface area (Å²) in [4.78, 5) is 36.0. The van der Waals surface area contributed by atoms with E-state index >= 15 is 0 Å². The molecular weight excluding hydrogens is 416 g/mol. The zero-order chi connectivity index (χ0) is 22.8. The number of hydrogen-bond donors (Lipinski definition) is 4. The van der Waals surface area contributed by atoms with Gasteiger partial charge in [0.05, 0.1) is 6.61 Å². The Hall–Kier alpha value is -3.46. The number of hydrazine groups is 1. The lowest BCUT2D eigenvalue weighted by Crippen LogP contribution is -2.48. The predicted molar refractivity (Wildman–Crippen MR) is 123 cm³/mol. The number of benzene rings is 2. The van der Waals surface area contributed by atoms with Gasteiger partial charge >= 0.3 is 0 Å². The molecule has 0 aliphatic heterocycles. The molecule has 0 saturated carbocycles. The zero-order valence-corrected chi connectivity index (χ0v) is 18.5. The van der Waals surface area contributed by atoms with Crippen LogP contribution >= 0.6 is 12.2 Å². The summed E-state index contributed by atoms with van der Waals surface area (Å²) in [6, 6.07) is 13.1. The Kier molecular flexibility index (Phi) is 8.95. The van der Waals surface area contributed by atoms with Gasteiger partial charge in [-0.3, -0.25) is 30.6 Å². The average molecular weight is 443 g/mol. The lowest BCUT2D eigenvalue weighted by atomic mass is 10.2. The molecule has 2 rings (SSSR count). The van der Waals surface area contributed by atoms with Crippen molar-refractivity contribution in [2.24, 2.45) is 5.92 Å². The van der Waals surface area contributed by atoms with Crippen molar-refractivity contribution < 1.29 is 19.1 Å². The van der Waals surface area contributed by atoms with Crippen LogP contribution in [0, 0.1) is 5.92 Å². The van der Waals surface area contributed by atoms with Crippen LogP contribution in [0.2, 0.25) is 0 Å². The Bertz CT molecular complexity index is 945. The normalized spacial score (nSPS) is 10.2. The van der Waals surface area contributed by atoms with E-state index in [1.807, 2.05) is 13.8 Å². The molecular formula is C22H26N4O4S. The van der Waals surface area contributed by atoms with E-state index in [4.69, 9.17) is 17.0 Å². The molecule has 164 valence electrons. The minimum absolute atomic E-state index is 0.0568. The molecule has 0 aromatic heterocycles. The topological polar surface area (TPSA) is 109 Å². The summed E-state index contributed by atoms with van der Waals surface area (Å²) in [5.41, 5.74) is 6.23. The van der Waals surface area contributed by atoms with Gasteiger partial charge in [-0.15, -0.1) is 0 Å². The van der Waals surface area contributed by atoms with Crippen LogP contribution in [-0.4, -0.2) is 29.4 Å². The maximum Gasteiger partial charge on any atom is 0.269 e. The van der Waals surface area contributed by atoms with Crippen LogP contribution in [0.5, 0.6) is 5.75 Å². The first-order valence-electron chi connectivity index (χ1n) is 9.83. The highest BCUT2D eigenvalue weighted by atomic mass is 32.1. The number of rotatable bonds is 7. The Balaban J connectivity index is 1.84. The van der Waals surface area contributed by atoms with E-state index in [2.05, 4.69) is 21.5 Å². The molecule has 2 aromatic rings. The molecule has 31 heavy (non-hydrogen) atoms. The van der Waals surface area contributed by atoms with Crippen molar-refractivity contribution in [3.05, 3.63) is 59.7 Å². The van der Waals surface area contributed by atoms with Crippen LogP contribution < -0.4 is 26.2 Å². The molecule has 0 aliphatic rings. The van der Waals surface area contributed by atoms with Crippen LogP contribution in [0.25, 0.3) is 0 Å². The molecule has 2 aromatic carbocycles. The summed E-state index contributed by atoms with van der Waals surface area (Å²) in [5.74, 6) is -0.0416. The van der Waals surface area contributed by atoms with E-state index in [9.17, 15) is 14.4 Å². The maximum atomic E-state index is 12.4. The van der Waals surface area contributed by atoms with Gasteiger partial charge in [0.25, 0.3) is 11.8 Å². The summed E-state index contributed by atoms with van der Waals surface area (Å²) in [5, 5.41) is 5.14. The standard InChI is InChI=1S/C22H26N4O4S/c1-4-19(27)23-17-10-8-15(9-11-17)21(29)25-26-22(31)24-20(28)16-6-5-7-18(12-16)30-13-14(2)3/h5-12,14H,4,13H2,1-3H3,(H,23,27)(H,25,29)(H2,24,26,28,31). The summed E-state index contributed by atoms with van der Waals surface area (Å²) in [6.45, 7) is 6.37. The lowest BCUT2D eigenvalue weighted by molar-refractivity contribution is -0.115. The smallest absolute Gasteiger partial charge is 0.269 e. The molecule has 0 bridgehead atoms. The van der Waals surface area contributed by atoms with Crippen molar-refractivity contribution in [1.82, 2.24) is 16.2 Å². The SMILES string of the molecule is CCC(=O)Nc1ccc(C(=O)NNC(=S)NC(=O)c2cccc(OCC(C)C)c2)cc1. The molecule has 3 amide bonds. The second-order valence-corrected chi connectivity index (χ2v) is 7.48. The molecule has 0 spiro atoms. The van der Waals surface area contributed by atoms with E-state index < -0.39 is 11.8 Å². The van der Waals surface area contributed by atoms with Crippen LogP contribution in [0.15, 0.2) is 48.5 Å². The third-order valence-electron chi connectivity index (χ3n) is 3.95. The van der Waals surface area contributed by atoms with Crippen LogP contribution in [0.3, 0.4) is 0 Å². The highest BCUT2D eigenvalue weighted by Gasteiger charge is 2.11. The van der Waals surface area contributed by atoms with Crippen molar-refractivity contribution in [2.75, 3.05) is 11.9 Å². The quantitative estimate of drug-likeness (QED) is 0.388. The lowest BCUT2D eigenvalue weighted by Gasteiger charge is -2.12. The Morgan fingerprint density at radius 1 is 0.968 bits per heavy atom. The minimum atomic E-state index is -0.450. The van der Waals surface area contributed by atoms with Crippen molar-refractivity contribution in [3.8, 4) is 5.75 Å². The summed E-state index contributed by atoms with van der Waals surface area (Å²) < 4.78 is 5.62. The van der Waals surface area contributed by atoms with Crippen LogP contribution in [0.1, 0.15) is 47.9 Å². The van der Waals surface area contributed by atoms with E-state index in [1.54, 1.807) is 55.5 Å². The number of carbonyl (C=O) groups excluding carboxylic acids is 3. The monoisotopic (exact) mass is 442 g/mol. The number of ether oxygens (including phenoxy) is 1. The van der Waals surface area contributed by atoms with Gasteiger partial charge in [-0.1, -0.05) is 26.8 Å². The molecule has 0 saturated heterocycles. The molecule has 4 N–H and O–H groups in total. The molecule has 0 unspecified atom stereocenters. The number of amides is 3. The van der Waals surface area contributed by atoms with Gasteiger partial charge in [-0.05, 0) is 60.6 Å². The number of carbonyl (C=O) groups is 3. The number of anilines is 1. The molecule has 0 aliphatic carbocycles. The summed E-state index contributed by atoms with van der Waals surface area (Å²) in [6.07, 6.45) is 0.366. The molecule has 8 nitrogen and oxygen atoms in total. The number of nitrogens with one attached hydrogen (secondary N) is 4. The fraction of sp³-hybridized carbons (Fsp3) is 0.273. The number of thiocarbonyl (C=S) groups is 1. The largest absolute Gasteiger partial charge is 0.493 e. The second kappa shape index (κ2) is 11.7. The minimum Gasteiger partial charge on any atom is -0.493 e. The van der Waals surface area contributed by atoms with Gasteiger partial charge in [0, 0.05) is 23.2 Å². The maximum absolute atomic E-state index is 12.4. The Labute approximate surface area is 186 Å². The van der Waals surface area contributed by atoms with Gasteiger partial charge in [-0.2, -0.15) is 0 Å². The van der Waals surface area contributed by atoms with E-state index in [0.29, 0.717) is 41.5 Å². The highest BCUT2D eigenvalue weighted by Crippen LogP contribution is 2.14. The van der Waals surface area contributed by atoms with Crippen LogP contribution in [-0.2, 0) is 4.79 Å². The summed E-state index contributed by atoms with van der Waals surface area (Å²) in [7, 11) is 0. The summed E-state index contributed by atoms with van der Waals surface area (Å²) >= 11 is 5.06. The fourth-order valence-electron chi connectivity index (χ4n) is 2.34. The van der Waals surface area contributed by atoms with E-state index in [1.165, 1.54) is 0 Å².